The summed E-state index contributed by atoms with van der Waals surface area (Å²) in [6, 6.07) is 5.28. The van der Waals surface area contributed by atoms with Crippen LogP contribution < -0.4 is 11.0 Å². The Bertz CT molecular complexity index is 636. The lowest BCUT2D eigenvalue weighted by atomic mass is 10.5. The summed E-state index contributed by atoms with van der Waals surface area (Å²) in [5.74, 6) is -0.138. The largest absolute Gasteiger partial charge is 0.350 e. The normalized spacial score (nSPS) is 10.3. The molecule has 0 spiro atoms. The maximum atomic E-state index is 12.0. The molecule has 8 heteroatoms. The van der Waals surface area contributed by atoms with Gasteiger partial charge in [-0.2, -0.15) is 0 Å². The molecule has 7 nitrogen and oxygen atoms in total. The summed E-state index contributed by atoms with van der Waals surface area (Å²) >= 11 is 0. The smallest absolute Gasteiger partial charge is 0.343 e. The van der Waals surface area contributed by atoms with E-state index in [1.165, 1.54) is 9.08 Å². The van der Waals surface area contributed by atoms with Crippen molar-refractivity contribution in [2.45, 2.75) is 6.54 Å². The van der Waals surface area contributed by atoms with Gasteiger partial charge in [0, 0.05) is 26.3 Å². The Kier molecular flexibility index (Phi) is 5.72. The lowest BCUT2D eigenvalue weighted by Crippen LogP contribution is -2.37. The zero-order valence-electron chi connectivity index (χ0n) is 11.4. The van der Waals surface area contributed by atoms with Gasteiger partial charge in [-0.15, -0.1) is 17.5 Å². The summed E-state index contributed by atoms with van der Waals surface area (Å²) in [6.45, 7) is 1.26. The number of amides is 1. The summed E-state index contributed by atoms with van der Waals surface area (Å²) in [4.78, 5) is 25.5. The summed E-state index contributed by atoms with van der Waals surface area (Å²) < 4.78 is 2.61. The number of aromatic nitrogens is 3. The molecule has 0 bridgehead atoms. The number of likely N-dealkylation sites (N-methyl/N-ethyl adjacent to an activating group) is 2. The van der Waals surface area contributed by atoms with Crippen molar-refractivity contribution in [3.63, 3.8) is 0 Å². The third kappa shape index (κ3) is 3.37. The van der Waals surface area contributed by atoms with Crippen LogP contribution in [0.15, 0.2) is 29.2 Å². The Balaban J connectivity index is 0.00000200. The fourth-order valence-electron chi connectivity index (χ4n) is 1.72. The van der Waals surface area contributed by atoms with Gasteiger partial charge in [0.25, 0.3) is 0 Å². The average Bonchev–Trinajstić information content (AvgIpc) is 2.73. The van der Waals surface area contributed by atoms with Crippen molar-refractivity contribution in [3.8, 4) is 0 Å². The Morgan fingerprint density at radius 3 is 2.85 bits per heavy atom. The molecule has 0 fully saturated rings. The van der Waals surface area contributed by atoms with Crippen molar-refractivity contribution in [3.05, 3.63) is 34.9 Å². The number of carbonyl (C=O) groups is 1. The number of hydrogen-bond donors (Lipinski definition) is 1. The van der Waals surface area contributed by atoms with E-state index >= 15 is 0 Å². The summed E-state index contributed by atoms with van der Waals surface area (Å²) in [7, 11) is 3.53. The van der Waals surface area contributed by atoms with Crippen LogP contribution in [-0.4, -0.2) is 52.2 Å². The average molecular weight is 300 g/mol. The second kappa shape index (κ2) is 7.06. The highest BCUT2D eigenvalue weighted by Gasteiger charge is 2.13. The molecule has 0 aliphatic heterocycles. The monoisotopic (exact) mass is 299 g/mol. The standard InChI is InChI=1S/C12H17N5O2.ClH/c1-13-6-8-15(2)11(18)9-17-12(19)16-7-4-3-5-10(16)14-17;/h3-5,7,13H,6,8-9H2,1-2H3;1H. The minimum Gasteiger partial charge on any atom is -0.343 e. The first kappa shape index (κ1) is 16.2. The van der Waals surface area contributed by atoms with Crippen LogP contribution in [0.5, 0.6) is 0 Å². The summed E-state index contributed by atoms with van der Waals surface area (Å²) in [5, 5.41) is 7.09. The van der Waals surface area contributed by atoms with E-state index in [0.29, 0.717) is 18.7 Å². The number of rotatable bonds is 5. The van der Waals surface area contributed by atoms with Crippen LogP contribution >= 0.6 is 12.4 Å². The van der Waals surface area contributed by atoms with E-state index < -0.39 is 0 Å². The van der Waals surface area contributed by atoms with Gasteiger partial charge >= 0.3 is 5.69 Å². The van der Waals surface area contributed by atoms with Gasteiger partial charge in [-0.25, -0.2) is 9.48 Å². The second-order valence-electron chi connectivity index (χ2n) is 4.29. The fourth-order valence-corrected chi connectivity index (χ4v) is 1.72. The van der Waals surface area contributed by atoms with Crippen LogP contribution in [0.4, 0.5) is 0 Å². The van der Waals surface area contributed by atoms with Crippen LogP contribution in [0, 0.1) is 0 Å². The molecule has 0 radical (unpaired) electrons. The maximum absolute atomic E-state index is 12.0. The Hall–Kier alpha value is -1.86. The van der Waals surface area contributed by atoms with Crippen LogP contribution in [0.1, 0.15) is 0 Å². The molecule has 1 amide bonds. The summed E-state index contributed by atoms with van der Waals surface area (Å²) in [5.41, 5.74) is 0.240. The first-order chi connectivity index (χ1) is 9.13. The fraction of sp³-hybridized carbons (Fsp3) is 0.417. The van der Waals surface area contributed by atoms with Crippen molar-refractivity contribution in [1.82, 2.24) is 24.4 Å². The Labute approximate surface area is 122 Å². The first-order valence-electron chi connectivity index (χ1n) is 6.06. The van der Waals surface area contributed by atoms with Gasteiger partial charge in [0.1, 0.15) is 6.54 Å². The first-order valence-corrected chi connectivity index (χ1v) is 6.06. The van der Waals surface area contributed by atoms with Crippen molar-refractivity contribution in [1.29, 1.82) is 0 Å². The minimum absolute atomic E-state index is 0. The third-order valence-electron chi connectivity index (χ3n) is 2.90. The second-order valence-corrected chi connectivity index (χ2v) is 4.29. The molecule has 0 aromatic carbocycles. The number of nitrogens with one attached hydrogen (secondary N) is 1. The van der Waals surface area contributed by atoms with E-state index in [1.807, 2.05) is 7.05 Å². The van der Waals surface area contributed by atoms with Gasteiger partial charge in [0.2, 0.25) is 5.91 Å². The van der Waals surface area contributed by atoms with Crippen LogP contribution in [0.25, 0.3) is 5.65 Å². The molecule has 0 unspecified atom stereocenters. The van der Waals surface area contributed by atoms with Crippen LogP contribution in [-0.2, 0) is 11.3 Å². The van der Waals surface area contributed by atoms with Crippen LogP contribution in [0.3, 0.4) is 0 Å². The number of carbonyl (C=O) groups excluding carboxylic acids is 1. The molecule has 0 aliphatic carbocycles. The number of hydrogen-bond acceptors (Lipinski definition) is 4. The zero-order chi connectivity index (χ0) is 13.8. The van der Waals surface area contributed by atoms with E-state index in [1.54, 1.807) is 36.3 Å². The molecular weight excluding hydrogens is 282 g/mol. The third-order valence-corrected chi connectivity index (χ3v) is 2.90. The molecule has 2 rings (SSSR count). The Morgan fingerprint density at radius 2 is 2.20 bits per heavy atom. The predicted molar refractivity (Wildman–Crippen MR) is 78.3 cm³/mol. The quantitative estimate of drug-likeness (QED) is 0.815. The highest BCUT2D eigenvalue weighted by molar-refractivity contribution is 5.85. The SMILES string of the molecule is CNCCN(C)C(=O)Cn1nc2ccccn2c1=O.Cl. The molecule has 20 heavy (non-hydrogen) atoms. The van der Waals surface area contributed by atoms with Crippen LogP contribution in [0.2, 0.25) is 0 Å². The van der Waals surface area contributed by atoms with E-state index in [0.717, 1.165) is 0 Å². The molecule has 2 aromatic rings. The molecule has 0 aliphatic rings. The number of halogens is 1. The zero-order valence-corrected chi connectivity index (χ0v) is 12.3. The van der Waals surface area contributed by atoms with Gasteiger partial charge in [-0.3, -0.25) is 9.20 Å². The molecule has 2 aromatic heterocycles. The maximum Gasteiger partial charge on any atom is 0.350 e. The summed E-state index contributed by atoms with van der Waals surface area (Å²) in [6.07, 6.45) is 1.64. The van der Waals surface area contributed by atoms with E-state index in [9.17, 15) is 9.59 Å². The number of nitrogens with zero attached hydrogens (tertiary/aromatic N) is 4. The highest BCUT2D eigenvalue weighted by Crippen LogP contribution is 1.95. The predicted octanol–water partition coefficient (Wildman–Crippen LogP) is -0.404. The van der Waals surface area contributed by atoms with Crippen molar-refractivity contribution in [2.75, 3.05) is 27.2 Å². The number of pyridine rings is 1. The van der Waals surface area contributed by atoms with Gasteiger partial charge in [-0.1, -0.05) is 6.07 Å². The van der Waals surface area contributed by atoms with Gasteiger partial charge in [0.05, 0.1) is 0 Å². The molecule has 0 atom stereocenters. The van der Waals surface area contributed by atoms with Gasteiger partial charge in [-0.05, 0) is 19.2 Å². The lowest BCUT2D eigenvalue weighted by molar-refractivity contribution is -0.130. The van der Waals surface area contributed by atoms with Crippen molar-refractivity contribution < 1.29 is 4.79 Å². The van der Waals surface area contributed by atoms with Crippen molar-refractivity contribution in [2.24, 2.45) is 0 Å². The highest BCUT2D eigenvalue weighted by atomic mass is 35.5. The van der Waals surface area contributed by atoms with Gasteiger partial charge in [0.15, 0.2) is 5.65 Å². The minimum atomic E-state index is -0.300. The Morgan fingerprint density at radius 1 is 1.45 bits per heavy atom. The van der Waals surface area contributed by atoms with E-state index in [-0.39, 0.29) is 30.5 Å². The van der Waals surface area contributed by atoms with Crippen molar-refractivity contribution >= 4 is 24.0 Å². The molecule has 2 heterocycles. The molecule has 110 valence electrons. The van der Waals surface area contributed by atoms with E-state index in [2.05, 4.69) is 10.4 Å². The molecular formula is C12H18ClN5O2. The lowest BCUT2D eigenvalue weighted by Gasteiger charge is -2.16. The van der Waals surface area contributed by atoms with E-state index in [4.69, 9.17) is 0 Å². The number of fused-ring (bicyclic) bond motifs is 1. The molecule has 0 saturated carbocycles. The van der Waals surface area contributed by atoms with Gasteiger partial charge < -0.3 is 10.2 Å². The molecule has 0 saturated heterocycles. The topological polar surface area (TPSA) is 71.6 Å². The molecule has 1 N–H and O–H groups in total.